The van der Waals surface area contributed by atoms with Gasteiger partial charge in [0, 0.05) is 11.0 Å². The molecule has 1 aromatic rings. The topological polar surface area (TPSA) is 78.4 Å². The average Bonchev–Trinajstić information content (AvgIpc) is 2.31. The van der Waals surface area contributed by atoms with Crippen LogP contribution in [0.1, 0.15) is 13.3 Å². The number of aliphatic hydroxyl groups is 1. The van der Waals surface area contributed by atoms with Crippen molar-refractivity contribution in [2.45, 2.75) is 19.4 Å². The number of hydrogen-bond acceptors (Lipinski definition) is 3. The first-order valence-corrected chi connectivity index (χ1v) is 6.31. The van der Waals surface area contributed by atoms with E-state index in [0.717, 1.165) is 0 Å². The van der Waals surface area contributed by atoms with Gasteiger partial charge >= 0.3 is 11.8 Å². The number of aliphatic hydroxyl groups excluding tert-OH is 1. The Morgan fingerprint density at radius 1 is 1.33 bits per heavy atom. The molecular weight excluding hydrogens is 300 g/mol. The molecule has 0 radical (unpaired) electrons. The number of carbonyl (C=O) groups is 2. The van der Waals surface area contributed by atoms with Crippen molar-refractivity contribution in [3.63, 3.8) is 0 Å². The first kappa shape index (κ1) is 14.7. The van der Waals surface area contributed by atoms with Crippen molar-refractivity contribution >= 4 is 33.4 Å². The number of rotatable bonds is 4. The monoisotopic (exact) mass is 314 g/mol. The van der Waals surface area contributed by atoms with Gasteiger partial charge in [-0.3, -0.25) is 9.59 Å². The van der Waals surface area contributed by atoms with Crippen molar-refractivity contribution in [1.29, 1.82) is 0 Å². The molecule has 0 spiro atoms. The number of hydrogen-bond donors (Lipinski definition) is 3. The van der Waals surface area contributed by atoms with Crippen LogP contribution in [0.2, 0.25) is 0 Å². The molecule has 0 heterocycles. The van der Waals surface area contributed by atoms with E-state index in [1.165, 1.54) is 0 Å². The van der Waals surface area contributed by atoms with Crippen LogP contribution in [-0.4, -0.2) is 29.6 Å². The number of nitrogens with one attached hydrogen (secondary N) is 2. The Hall–Kier alpha value is -1.40. The largest absolute Gasteiger partial charge is 0.393 e. The van der Waals surface area contributed by atoms with E-state index in [0.29, 0.717) is 16.6 Å². The SMILES string of the molecule is CC(O)CCNC(=O)C(=O)Nc1ccccc1Br. The minimum absolute atomic E-state index is 0.264. The molecule has 0 aliphatic carbocycles. The fraction of sp³-hybridized carbons (Fsp3) is 0.333. The van der Waals surface area contributed by atoms with Crippen molar-refractivity contribution in [3.8, 4) is 0 Å². The zero-order valence-electron chi connectivity index (χ0n) is 9.94. The van der Waals surface area contributed by atoms with Crippen molar-refractivity contribution in [2.75, 3.05) is 11.9 Å². The molecule has 2 amide bonds. The number of halogens is 1. The van der Waals surface area contributed by atoms with Gasteiger partial charge in [-0.2, -0.15) is 0 Å². The fourth-order valence-corrected chi connectivity index (χ4v) is 1.60. The van der Waals surface area contributed by atoms with Crippen molar-refractivity contribution in [3.05, 3.63) is 28.7 Å². The summed E-state index contributed by atoms with van der Waals surface area (Å²) in [5.74, 6) is -1.45. The third kappa shape index (κ3) is 4.85. The summed E-state index contributed by atoms with van der Waals surface area (Å²) >= 11 is 3.27. The van der Waals surface area contributed by atoms with E-state index in [9.17, 15) is 9.59 Å². The number of amides is 2. The smallest absolute Gasteiger partial charge is 0.313 e. The van der Waals surface area contributed by atoms with Crippen LogP contribution in [0.4, 0.5) is 5.69 Å². The maximum absolute atomic E-state index is 11.5. The summed E-state index contributed by atoms with van der Waals surface area (Å²) in [6.45, 7) is 1.88. The van der Waals surface area contributed by atoms with E-state index in [1.54, 1.807) is 25.1 Å². The quantitative estimate of drug-likeness (QED) is 0.732. The lowest BCUT2D eigenvalue weighted by atomic mass is 10.3. The van der Waals surface area contributed by atoms with Gasteiger partial charge in [-0.25, -0.2) is 0 Å². The highest BCUT2D eigenvalue weighted by Gasteiger charge is 2.14. The van der Waals surface area contributed by atoms with Crippen LogP contribution in [-0.2, 0) is 9.59 Å². The lowest BCUT2D eigenvalue weighted by molar-refractivity contribution is -0.136. The standard InChI is InChI=1S/C12H15BrN2O3/c1-8(16)6-7-14-11(17)12(18)15-10-5-3-2-4-9(10)13/h2-5,8,16H,6-7H2,1H3,(H,14,17)(H,15,18). The molecule has 0 saturated carbocycles. The van der Waals surface area contributed by atoms with Crippen LogP contribution in [0.15, 0.2) is 28.7 Å². The Bertz CT molecular complexity index is 435. The Morgan fingerprint density at radius 2 is 2.00 bits per heavy atom. The molecule has 0 aliphatic rings. The van der Waals surface area contributed by atoms with E-state index in [4.69, 9.17) is 5.11 Å². The minimum atomic E-state index is -0.729. The number of para-hydroxylation sites is 1. The second-order valence-corrected chi connectivity index (χ2v) is 4.68. The van der Waals surface area contributed by atoms with Crippen LogP contribution in [0.25, 0.3) is 0 Å². The highest BCUT2D eigenvalue weighted by molar-refractivity contribution is 9.10. The zero-order valence-corrected chi connectivity index (χ0v) is 11.5. The van der Waals surface area contributed by atoms with E-state index >= 15 is 0 Å². The van der Waals surface area contributed by atoms with Gasteiger partial charge in [-0.05, 0) is 41.4 Å². The normalized spacial score (nSPS) is 11.7. The zero-order chi connectivity index (χ0) is 13.5. The van der Waals surface area contributed by atoms with Crippen LogP contribution < -0.4 is 10.6 Å². The second-order valence-electron chi connectivity index (χ2n) is 3.83. The van der Waals surface area contributed by atoms with Crippen LogP contribution in [0, 0.1) is 0 Å². The summed E-state index contributed by atoms with van der Waals surface area (Å²) in [6, 6.07) is 7.01. The molecule has 5 nitrogen and oxygen atoms in total. The van der Waals surface area contributed by atoms with Crippen LogP contribution >= 0.6 is 15.9 Å². The van der Waals surface area contributed by atoms with Gasteiger partial charge in [0.1, 0.15) is 0 Å². The second kappa shape index (κ2) is 7.13. The molecule has 98 valence electrons. The molecule has 3 N–H and O–H groups in total. The van der Waals surface area contributed by atoms with E-state index < -0.39 is 17.9 Å². The molecule has 0 saturated heterocycles. The maximum Gasteiger partial charge on any atom is 0.313 e. The van der Waals surface area contributed by atoms with Gasteiger partial charge in [0.15, 0.2) is 0 Å². The summed E-state index contributed by atoms with van der Waals surface area (Å²) in [7, 11) is 0. The first-order chi connectivity index (χ1) is 8.50. The molecule has 1 unspecified atom stereocenters. The van der Waals surface area contributed by atoms with Crippen molar-refractivity contribution < 1.29 is 14.7 Å². The number of benzene rings is 1. The van der Waals surface area contributed by atoms with Crippen LogP contribution in [0.5, 0.6) is 0 Å². The van der Waals surface area contributed by atoms with Gasteiger partial charge in [0.05, 0.1) is 11.8 Å². The molecule has 6 heteroatoms. The Balaban J connectivity index is 2.46. The molecule has 0 aliphatic heterocycles. The third-order valence-electron chi connectivity index (χ3n) is 2.18. The first-order valence-electron chi connectivity index (χ1n) is 5.52. The molecule has 1 aromatic carbocycles. The van der Waals surface area contributed by atoms with E-state index in [-0.39, 0.29) is 6.54 Å². The summed E-state index contributed by atoms with van der Waals surface area (Å²) in [5, 5.41) is 13.9. The molecule has 0 bridgehead atoms. The maximum atomic E-state index is 11.5. The van der Waals surface area contributed by atoms with Crippen molar-refractivity contribution in [2.24, 2.45) is 0 Å². The molecule has 18 heavy (non-hydrogen) atoms. The predicted octanol–water partition coefficient (Wildman–Crippen LogP) is 1.27. The summed E-state index contributed by atoms with van der Waals surface area (Å²) in [4.78, 5) is 23.0. The van der Waals surface area contributed by atoms with E-state index in [1.807, 2.05) is 6.07 Å². The summed E-state index contributed by atoms with van der Waals surface area (Å²) in [5.41, 5.74) is 0.535. The molecule has 1 rings (SSSR count). The van der Waals surface area contributed by atoms with Gasteiger partial charge in [-0.15, -0.1) is 0 Å². The van der Waals surface area contributed by atoms with Crippen LogP contribution in [0.3, 0.4) is 0 Å². The van der Waals surface area contributed by atoms with Gasteiger partial charge in [0.2, 0.25) is 0 Å². The Kier molecular flexibility index (Phi) is 5.80. The Morgan fingerprint density at radius 3 is 2.61 bits per heavy atom. The Labute approximate surface area is 114 Å². The number of anilines is 1. The molecule has 0 aromatic heterocycles. The highest BCUT2D eigenvalue weighted by atomic mass is 79.9. The molecular formula is C12H15BrN2O3. The highest BCUT2D eigenvalue weighted by Crippen LogP contribution is 2.20. The van der Waals surface area contributed by atoms with Gasteiger partial charge in [0.25, 0.3) is 0 Å². The number of carbonyl (C=O) groups excluding carboxylic acids is 2. The lowest BCUT2D eigenvalue weighted by Crippen LogP contribution is -2.36. The predicted molar refractivity (Wildman–Crippen MR) is 72.1 cm³/mol. The lowest BCUT2D eigenvalue weighted by Gasteiger charge is -2.08. The molecule has 1 atom stereocenters. The van der Waals surface area contributed by atoms with Gasteiger partial charge < -0.3 is 15.7 Å². The van der Waals surface area contributed by atoms with Crippen molar-refractivity contribution in [1.82, 2.24) is 5.32 Å². The molecule has 0 fully saturated rings. The average molecular weight is 315 g/mol. The van der Waals surface area contributed by atoms with Gasteiger partial charge in [-0.1, -0.05) is 12.1 Å². The fourth-order valence-electron chi connectivity index (χ4n) is 1.22. The third-order valence-corrected chi connectivity index (χ3v) is 2.87. The summed E-state index contributed by atoms with van der Waals surface area (Å²) < 4.78 is 0.704. The summed E-state index contributed by atoms with van der Waals surface area (Å²) in [6.07, 6.45) is -0.0924. The minimum Gasteiger partial charge on any atom is -0.393 e. The van der Waals surface area contributed by atoms with E-state index in [2.05, 4.69) is 26.6 Å².